The van der Waals surface area contributed by atoms with Gasteiger partial charge in [-0.15, -0.1) is 0 Å². The maximum absolute atomic E-state index is 12.0. The lowest BCUT2D eigenvalue weighted by molar-refractivity contribution is -0.139. The van der Waals surface area contributed by atoms with Gasteiger partial charge in [-0.2, -0.15) is 0 Å². The van der Waals surface area contributed by atoms with E-state index < -0.39 is 12.0 Å². The monoisotopic (exact) mass is 270 g/mol. The number of aliphatic carboxylic acids is 1. The van der Waals surface area contributed by atoms with Crippen LogP contribution in [-0.2, 0) is 11.3 Å². The molecule has 0 bridgehead atoms. The zero-order valence-corrected chi connectivity index (χ0v) is 10.8. The minimum atomic E-state index is -0.980. The van der Waals surface area contributed by atoms with Gasteiger partial charge in [-0.05, 0) is 31.7 Å². The second-order valence-electron chi connectivity index (χ2n) is 4.46. The van der Waals surface area contributed by atoms with E-state index >= 15 is 0 Å². The molecule has 0 aliphatic heterocycles. The number of aryl methyl sites for hydroxylation is 1. The predicted octanol–water partition coefficient (Wildman–Crippen LogP) is 1.75. The molecule has 1 atom stereocenters. The van der Waals surface area contributed by atoms with Gasteiger partial charge in [0.25, 0.3) is 5.91 Å². The third-order valence-electron chi connectivity index (χ3n) is 3.08. The van der Waals surface area contributed by atoms with Crippen molar-refractivity contribution in [3.8, 4) is 0 Å². The normalized spacial score (nSPS) is 16.3. The van der Waals surface area contributed by atoms with Gasteiger partial charge in [0.2, 0.25) is 0 Å². The Bertz CT molecular complexity index is 480. The average molecular weight is 271 g/mol. The summed E-state index contributed by atoms with van der Waals surface area (Å²) >= 11 is 5.85. The quantitative estimate of drug-likeness (QED) is 0.856. The van der Waals surface area contributed by atoms with E-state index in [0.29, 0.717) is 17.3 Å². The zero-order chi connectivity index (χ0) is 13.3. The largest absolute Gasteiger partial charge is 0.480 e. The number of amides is 1. The number of aromatic nitrogens is 1. The molecule has 1 aliphatic carbocycles. The molecule has 1 unspecified atom stereocenters. The molecule has 2 rings (SSSR count). The van der Waals surface area contributed by atoms with Crippen LogP contribution in [0.1, 0.15) is 30.3 Å². The summed E-state index contributed by atoms with van der Waals surface area (Å²) < 4.78 is 1.70. The van der Waals surface area contributed by atoms with Crippen molar-refractivity contribution >= 4 is 23.5 Å². The van der Waals surface area contributed by atoms with Gasteiger partial charge >= 0.3 is 5.97 Å². The fourth-order valence-electron chi connectivity index (χ4n) is 1.95. The highest BCUT2D eigenvalue weighted by molar-refractivity contribution is 6.31. The van der Waals surface area contributed by atoms with E-state index in [4.69, 9.17) is 16.7 Å². The summed E-state index contributed by atoms with van der Waals surface area (Å²) in [6, 6.07) is 0.753. The SMILES string of the molecule is CCn1cc(Cl)cc1C(=O)NC(C(=O)O)C1CC1. The van der Waals surface area contributed by atoms with E-state index in [-0.39, 0.29) is 11.8 Å². The van der Waals surface area contributed by atoms with Gasteiger partial charge in [0.05, 0.1) is 5.02 Å². The van der Waals surface area contributed by atoms with Crippen molar-refractivity contribution in [2.75, 3.05) is 0 Å². The number of carbonyl (C=O) groups is 2. The molecule has 6 heteroatoms. The Morgan fingerprint density at radius 2 is 2.28 bits per heavy atom. The van der Waals surface area contributed by atoms with Crippen molar-refractivity contribution in [3.05, 3.63) is 23.0 Å². The Morgan fingerprint density at radius 1 is 1.61 bits per heavy atom. The number of halogens is 1. The summed E-state index contributed by atoms with van der Waals surface area (Å²) in [6.07, 6.45) is 3.36. The van der Waals surface area contributed by atoms with Gasteiger partial charge < -0.3 is 15.0 Å². The topological polar surface area (TPSA) is 71.3 Å². The number of hydrogen-bond acceptors (Lipinski definition) is 2. The first-order valence-corrected chi connectivity index (χ1v) is 6.30. The van der Waals surface area contributed by atoms with Crippen LogP contribution in [0.25, 0.3) is 0 Å². The molecule has 0 spiro atoms. The minimum Gasteiger partial charge on any atom is -0.480 e. The van der Waals surface area contributed by atoms with Crippen molar-refractivity contribution in [3.63, 3.8) is 0 Å². The Kier molecular flexibility index (Phi) is 3.61. The molecule has 2 N–H and O–H groups in total. The average Bonchev–Trinajstić information content (AvgIpc) is 3.07. The number of nitrogens with zero attached hydrogens (tertiary/aromatic N) is 1. The van der Waals surface area contributed by atoms with Crippen molar-refractivity contribution < 1.29 is 14.7 Å². The first-order valence-electron chi connectivity index (χ1n) is 5.92. The van der Waals surface area contributed by atoms with E-state index in [1.165, 1.54) is 0 Å². The van der Waals surface area contributed by atoms with Crippen molar-refractivity contribution in [1.82, 2.24) is 9.88 Å². The Hall–Kier alpha value is -1.49. The smallest absolute Gasteiger partial charge is 0.326 e. The van der Waals surface area contributed by atoms with Gasteiger partial charge in [-0.3, -0.25) is 4.79 Å². The zero-order valence-electron chi connectivity index (χ0n) is 10.0. The first-order chi connectivity index (χ1) is 8.52. The highest BCUT2D eigenvalue weighted by Gasteiger charge is 2.37. The molecule has 5 nitrogen and oxygen atoms in total. The molecule has 0 radical (unpaired) electrons. The van der Waals surface area contributed by atoms with Crippen LogP contribution in [0.5, 0.6) is 0 Å². The maximum Gasteiger partial charge on any atom is 0.326 e. The molecule has 98 valence electrons. The fraction of sp³-hybridized carbons (Fsp3) is 0.500. The Morgan fingerprint density at radius 3 is 2.78 bits per heavy atom. The van der Waals surface area contributed by atoms with Crippen molar-refractivity contribution in [2.24, 2.45) is 5.92 Å². The van der Waals surface area contributed by atoms with Gasteiger partial charge in [-0.1, -0.05) is 11.6 Å². The van der Waals surface area contributed by atoms with E-state index in [9.17, 15) is 9.59 Å². The highest BCUT2D eigenvalue weighted by Crippen LogP contribution is 2.33. The predicted molar refractivity (Wildman–Crippen MR) is 66.7 cm³/mol. The maximum atomic E-state index is 12.0. The highest BCUT2D eigenvalue weighted by atomic mass is 35.5. The lowest BCUT2D eigenvalue weighted by Crippen LogP contribution is -2.42. The lowest BCUT2D eigenvalue weighted by atomic mass is 10.2. The molecule has 1 heterocycles. The fourth-order valence-corrected chi connectivity index (χ4v) is 2.17. The van der Waals surface area contributed by atoms with E-state index in [1.807, 2.05) is 6.92 Å². The van der Waals surface area contributed by atoms with Gasteiger partial charge in [0.15, 0.2) is 0 Å². The summed E-state index contributed by atoms with van der Waals surface area (Å²) in [5.41, 5.74) is 0.398. The molecule has 1 aromatic heterocycles. The standard InChI is InChI=1S/C12H15ClN2O3/c1-2-15-6-8(13)5-9(15)11(16)14-10(12(17)18)7-3-4-7/h5-7,10H,2-4H2,1H3,(H,14,16)(H,17,18). The molecule has 1 fully saturated rings. The summed E-state index contributed by atoms with van der Waals surface area (Å²) in [6.45, 7) is 2.50. The number of carboxylic acids is 1. The third kappa shape index (κ3) is 2.67. The van der Waals surface area contributed by atoms with Crippen molar-refractivity contribution in [2.45, 2.75) is 32.4 Å². The number of carboxylic acid groups (broad SMARTS) is 1. The molecule has 0 aromatic carbocycles. The second kappa shape index (κ2) is 5.02. The second-order valence-corrected chi connectivity index (χ2v) is 4.89. The molecule has 0 saturated heterocycles. The van der Waals surface area contributed by atoms with Gasteiger partial charge in [0.1, 0.15) is 11.7 Å². The Labute approximate surface area is 110 Å². The minimum absolute atomic E-state index is 0.0620. The van der Waals surface area contributed by atoms with Crippen LogP contribution < -0.4 is 5.32 Å². The van der Waals surface area contributed by atoms with Crippen LogP contribution in [-0.4, -0.2) is 27.6 Å². The van der Waals surface area contributed by atoms with Crippen LogP contribution in [0.2, 0.25) is 5.02 Å². The lowest BCUT2D eigenvalue weighted by Gasteiger charge is -2.14. The Balaban J connectivity index is 2.12. The summed E-state index contributed by atoms with van der Waals surface area (Å²) in [4.78, 5) is 23.1. The number of rotatable bonds is 5. The molecule has 1 aromatic rings. The van der Waals surface area contributed by atoms with Gasteiger partial charge in [0, 0.05) is 12.7 Å². The molecule has 1 aliphatic rings. The summed E-state index contributed by atoms with van der Waals surface area (Å²) in [5.74, 6) is -1.30. The van der Waals surface area contributed by atoms with Gasteiger partial charge in [-0.25, -0.2) is 4.79 Å². The number of hydrogen-bond donors (Lipinski definition) is 2. The van der Waals surface area contributed by atoms with E-state index in [1.54, 1.807) is 16.8 Å². The van der Waals surface area contributed by atoms with Crippen LogP contribution >= 0.6 is 11.6 Å². The number of carbonyl (C=O) groups excluding carboxylic acids is 1. The number of nitrogens with one attached hydrogen (secondary N) is 1. The molecule has 1 saturated carbocycles. The van der Waals surface area contributed by atoms with Crippen LogP contribution in [0.15, 0.2) is 12.3 Å². The summed E-state index contributed by atoms with van der Waals surface area (Å²) in [5, 5.41) is 12.1. The molecule has 1 amide bonds. The molecular formula is C12H15ClN2O3. The van der Waals surface area contributed by atoms with E-state index in [2.05, 4.69) is 5.32 Å². The van der Waals surface area contributed by atoms with Crippen LogP contribution in [0.3, 0.4) is 0 Å². The molecular weight excluding hydrogens is 256 g/mol. The first kappa shape index (κ1) is 13.0. The van der Waals surface area contributed by atoms with Crippen LogP contribution in [0, 0.1) is 5.92 Å². The molecule has 18 heavy (non-hydrogen) atoms. The third-order valence-corrected chi connectivity index (χ3v) is 3.29. The summed E-state index contributed by atoms with van der Waals surface area (Å²) in [7, 11) is 0. The van der Waals surface area contributed by atoms with E-state index in [0.717, 1.165) is 12.8 Å². The van der Waals surface area contributed by atoms with Crippen molar-refractivity contribution in [1.29, 1.82) is 0 Å². The van der Waals surface area contributed by atoms with Crippen LogP contribution in [0.4, 0.5) is 0 Å².